The first kappa shape index (κ1) is 24.9. The number of benzene rings is 2. The molecule has 0 bridgehead atoms. The molecule has 2 aromatic carbocycles. The van der Waals surface area contributed by atoms with E-state index in [-0.39, 0.29) is 5.75 Å². The lowest BCUT2D eigenvalue weighted by Crippen LogP contribution is -2.54. The van der Waals surface area contributed by atoms with E-state index < -0.39 is 49.0 Å². The van der Waals surface area contributed by atoms with Gasteiger partial charge in [-0.1, -0.05) is 48.5 Å². The minimum absolute atomic E-state index is 0.0703. The van der Waals surface area contributed by atoms with E-state index >= 15 is 0 Å². The summed E-state index contributed by atoms with van der Waals surface area (Å²) in [6.45, 7) is -1.05. The van der Waals surface area contributed by atoms with Crippen molar-refractivity contribution >= 4 is 47.7 Å². The molecule has 1 heterocycles. The Labute approximate surface area is 201 Å². The van der Waals surface area contributed by atoms with Gasteiger partial charge in [-0.25, -0.2) is 4.99 Å². The highest BCUT2D eigenvalue weighted by Crippen LogP contribution is 2.29. The van der Waals surface area contributed by atoms with Crippen LogP contribution in [-0.2, 0) is 19.2 Å². The Bertz CT molecular complexity index is 1120. The number of carbonyl (C=O) groups excluding carboxylic acids is 3. The maximum absolute atomic E-state index is 13.7. The molecule has 4 N–H and O–H groups in total. The summed E-state index contributed by atoms with van der Waals surface area (Å²) < 4.78 is 0. The van der Waals surface area contributed by atoms with Crippen LogP contribution >= 0.6 is 12.6 Å². The van der Waals surface area contributed by atoms with Gasteiger partial charge in [0.1, 0.15) is 13.1 Å². The number of aliphatic imine (C=N–C) groups is 1. The Morgan fingerprint density at radius 1 is 1.18 bits per heavy atom. The molecule has 0 radical (unpaired) electrons. The number of amides is 3. The van der Waals surface area contributed by atoms with Crippen molar-refractivity contribution < 1.29 is 24.3 Å². The summed E-state index contributed by atoms with van der Waals surface area (Å²) in [4.78, 5) is 56.8. The number of hydrogen-bond acceptors (Lipinski definition) is 7. The molecule has 2 atom stereocenters. The first-order valence-electron chi connectivity index (χ1n) is 10.4. The molecule has 1 aliphatic rings. The Hall–Kier alpha value is -3.70. The molecule has 3 amide bonds. The number of rotatable bonds is 8. The van der Waals surface area contributed by atoms with Crippen LogP contribution in [0.4, 0.5) is 5.69 Å². The third-order valence-corrected chi connectivity index (χ3v) is 5.60. The molecular weight excluding hydrogens is 458 g/mol. The normalized spacial score (nSPS) is 16.1. The van der Waals surface area contributed by atoms with Crippen LogP contribution in [0, 0.1) is 0 Å². The molecule has 10 nitrogen and oxygen atoms in total. The van der Waals surface area contributed by atoms with Gasteiger partial charge in [-0.15, -0.1) is 0 Å². The molecule has 3 rings (SSSR count). The second kappa shape index (κ2) is 10.9. The number of nitrogens with two attached hydrogens (primary N) is 1. The second-order valence-corrected chi connectivity index (χ2v) is 7.93. The van der Waals surface area contributed by atoms with E-state index in [1.807, 2.05) is 30.3 Å². The van der Waals surface area contributed by atoms with Crippen LogP contribution in [0.1, 0.15) is 11.1 Å². The first-order valence-corrected chi connectivity index (χ1v) is 11.0. The van der Waals surface area contributed by atoms with Crippen molar-refractivity contribution in [3.63, 3.8) is 0 Å². The molecule has 0 saturated heterocycles. The lowest BCUT2D eigenvalue weighted by atomic mass is 10.0. The number of carbonyl (C=O) groups is 4. The van der Waals surface area contributed by atoms with Gasteiger partial charge in [-0.05, 0) is 6.07 Å². The highest BCUT2D eigenvalue weighted by atomic mass is 32.1. The quantitative estimate of drug-likeness (QED) is 0.392. The highest BCUT2D eigenvalue weighted by molar-refractivity contribution is 7.80. The maximum atomic E-state index is 13.7. The number of likely N-dealkylation sites (N-methyl/N-ethyl adjacent to an activating group) is 1. The number of anilines is 1. The highest BCUT2D eigenvalue weighted by Gasteiger charge is 2.37. The molecule has 0 spiro atoms. The van der Waals surface area contributed by atoms with E-state index in [1.54, 1.807) is 24.3 Å². The van der Waals surface area contributed by atoms with Crippen molar-refractivity contribution in [2.75, 3.05) is 30.8 Å². The van der Waals surface area contributed by atoms with Crippen molar-refractivity contribution in [1.29, 1.82) is 0 Å². The summed E-state index contributed by atoms with van der Waals surface area (Å²) in [5, 5.41) is 11.1. The Morgan fingerprint density at radius 2 is 1.82 bits per heavy atom. The molecule has 0 aromatic heterocycles. The number of fused-ring (bicyclic) bond motifs is 1. The van der Waals surface area contributed by atoms with Crippen LogP contribution in [0.5, 0.6) is 0 Å². The van der Waals surface area contributed by atoms with Crippen LogP contribution in [-0.4, -0.2) is 77.5 Å². The van der Waals surface area contributed by atoms with E-state index in [9.17, 15) is 19.2 Å². The predicted octanol–water partition coefficient (Wildman–Crippen LogP) is 0.113. The van der Waals surface area contributed by atoms with Gasteiger partial charge < -0.3 is 21.1 Å². The lowest BCUT2D eigenvalue weighted by Gasteiger charge is -2.30. The van der Waals surface area contributed by atoms with Gasteiger partial charge in [-0.3, -0.25) is 24.1 Å². The van der Waals surface area contributed by atoms with Crippen LogP contribution in [0.2, 0.25) is 0 Å². The van der Waals surface area contributed by atoms with Gasteiger partial charge in [0, 0.05) is 23.9 Å². The summed E-state index contributed by atoms with van der Waals surface area (Å²) in [5.74, 6) is -2.99. The average molecular weight is 484 g/mol. The van der Waals surface area contributed by atoms with Crippen LogP contribution < -0.4 is 16.0 Å². The minimum atomic E-state index is -1.31. The second-order valence-electron chi connectivity index (χ2n) is 7.57. The standard InChI is InChI=1S/C23H25N5O5S/c1-27(22(32)16(24)13-34)21-23(33)28(12-18(29)25-11-19(30)31)17-10-6-5-9-15(17)20(26-21)14-7-3-2-4-8-14/h2-10,16,21,34H,11-13,24H2,1H3,(H,25,29)(H,30,31). The molecule has 2 aromatic rings. The van der Waals surface area contributed by atoms with Crippen molar-refractivity contribution in [3.8, 4) is 0 Å². The molecule has 2 unspecified atom stereocenters. The van der Waals surface area contributed by atoms with E-state index in [0.717, 1.165) is 4.90 Å². The monoisotopic (exact) mass is 483 g/mol. The number of nitrogens with zero attached hydrogens (tertiary/aromatic N) is 3. The lowest BCUT2D eigenvalue weighted by molar-refractivity contribution is -0.139. The number of para-hydroxylation sites is 1. The van der Waals surface area contributed by atoms with E-state index in [2.05, 4.69) is 22.9 Å². The number of carboxylic acid groups (broad SMARTS) is 1. The zero-order chi connectivity index (χ0) is 24.8. The number of benzodiazepines with no additional fused rings is 1. The van der Waals surface area contributed by atoms with E-state index in [1.165, 1.54) is 11.9 Å². The Kier molecular flexibility index (Phi) is 8.03. The van der Waals surface area contributed by atoms with Gasteiger partial charge in [0.25, 0.3) is 5.91 Å². The Morgan fingerprint density at radius 3 is 2.47 bits per heavy atom. The van der Waals surface area contributed by atoms with Gasteiger partial charge in [-0.2, -0.15) is 12.6 Å². The molecule has 1 aliphatic heterocycles. The fourth-order valence-corrected chi connectivity index (χ4v) is 3.65. The van der Waals surface area contributed by atoms with Crippen molar-refractivity contribution in [1.82, 2.24) is 10.2 Å². The molecule has 178 valence electrons. The number of thiol groups is 1. The van der Waals surface area contributed by atoms with Gasteiger partial charge in [0.05, 0.1) is 17.4 Å². The number of aliphatic carboxylic acids is 1. The minimum Gasteiger partial charge on any atom is -0.480 e. The molecular formula is C23H25N5O5S. The van der Waals surface area contributed by atoms with Gasteiger partial charge in [0.15, 0.2) is 0 Å². The number of carboxylic acids is 1. The van der Waals surface area contributed by atoms with Crippen molar-refractivity contribution in [3.05, 3.63) is 65.7 Å². The third kappa shape index (κ3) is 5.43. The SMILES string of the molecule is CN(C(=O)C(N)CS)C1N=C(c2ccccc2)c2ccccc2N(CC(=O)NCC(=O)O)C1=O. The largest absolute Gasteiger partial charge is 0.480 e. The summed E-state index contributed by atoms with van der Waals surface area (Å²) in [6, 6.07) is 15.1. The van der Waals surface area contributed by atoms with Crippen LogP contribution in [0.15, 0.2) is 59.6 Å². The first-order chi connectivity index (χ1) is 16.2. The molecule has 0 fully saturated rings. The summed E-state index contributed by atoms with van der Waals surface area (Å²) >= 11 is 4.07. The Balaban J connectivity index is 2.12. The summed E-state index contributed by atoms with van der Waals surface area (Å²) in [7, 11) is 1.42. The van der Waals surface area contributed by atoms with Crippen molar-refractivity contribution in [2.24, 2.45) is 10.7 Å². The summed E-state index contributed by atoms with van der Waals surface area (Å²) in [6.07, 6.45) is -1.31. The maximum Gasteiger partial charge on any atom is 0.322 e. The van der Waals surface area contributed by atoms with Crippen LogP contribution in [0.25, 0.3) is 0 Å². The van der Waals surface area contributed by atoms with Crippen molar-refractivity contribution in [2.45, 2.75) is 12.2 Å². The van der Waals surface area contributed by atoms with E-state index in [4.69, 9.17) is 10.8 Å². The molecule has 0 aliphatic carbocycles. The fraction of sp³-hybridized carbons (Fsp3) is 0.261. The fourth-order valence-electron chi connectivity index (χ4n) is 3.49. The number of nitrogens with one attached hydrogen (secondary N) is 1. The average Bonchev–Trinajstić information content (AvgIpc) is 2.96. The topological polar surface area (TPSA) is 145 Å². The smallest absolute Gasteiger partial charge is 0.322 e. The predicted molar refractivity (Wildman–Crippen MR) is 130 cm³/mol. The van der Waals surface area contributed by atoms with Gasteiger partial charge >= 0.3 is 5.97 Å². The zero-order valence-electron chi connectivity index (χ0n) is 18.4. The summed E-state index contributed by atoms with van der Waals surface area (Å²) in [5.41, 5.74) is 8.02. The zero-order valence-corrected chi connectivity index (χ0v) is 19.3. The molecule has 11 heteroatoms. The van der Waals surface area contributed by atoms with Crippen LogP contribution in [0.3, 0.4) is 0 Å². The van der Waals surface area contributed by atoms with E-state index in [0.29, 0.717) is 22.5 Å². The van der Waals surface area contributed by atoms with Gasteiger partial charge in [0.2, 0.25) is 18.0 Å². The molecule has 0 saturated carbocycles. The third-order valence-electron chi connectivity index (χ3n) is 5.20. The number of hydrogen-bond donors (Lipinski definition) is 4. The molecule has 34 heavy (non-hydrogen) atoms.